The Bertz CT molecular complexity index is 1050. The highest BCUT2D eigenvalue weighted by Gasteiger charge is 2.30. The van der Waals surface area contributed by atoms with Crippen LogP contribution in [-0.2, 0) is 16.0 Å². The van der Waals surface area contributed by atoms with Gasteiger partial charge in [-0.3, -0.25) is 0 Å². The van der Waals surface area contributed by atoms with Crippen LogP contribution in [0.5, 0.6) is 0 Å². The van der Waals surface area contributed by atoms with Crippen molar-refractivity contribution in [2.75, 3.05) is 11.1 Å². The number of carbonyl (C=O) groups is 1. The van der Waals surface area contributed by atoms with E-state index in [0.29, 0.717) is 0 Å². The van der Waals surface area contributed by atoms with Crippen molar-refractivity contribution in [3.05, 3.63) is 59.4 Å². The van der Waals surface area contributed by atoms with Gasteiger partial charge in [0.05, 0.1) is 21.9 Å². The van der Waals surface area contributed by atoms with Crippen LogP contribution >= 0.6 is 0 Å². The van der Waals surface area contributed by atoms with Crippen molar-refractivity contribution in [3.8, 4) is 0 Å². The molecule has 1 aliphatic heterocycles. The van der Waals surface area contributed by atoms with E-state index in [4.69, 9.17) is 0 Å². The molecule has 2 amide bonds. The number of hydrogen-bond donors (Lipinski definition) is 2. The smallest absolute Gasteiger partial charge is 0.307 e. The number of rotatable bonds is 2. The monoisotopic (exact) mass is 415 g/mol. The van der Waals surface area contributed by atoms with Crippen molar-refractivity contribution < 1.29 is 30.8 Å². The number of carbonyl (C=O) groups excluding carboxylic acids is 1. The molecule has 0 radical (unpaired) electrons. The summed E-state index contributed by atoms with van der Waals surface area (Å²) < 4.78 is 75.2. The number of anilines is 1. The van der Waals surface area contributed by atoms with E-state index in [1.807, 2.05) is 0 Å². The molecule has 0 unspecified atom stereocenters. The standard InChI is InChI=1S/C17H13F4N3O3S/c18-11-3-6-15-13(9-11)14(7-8-28(15,26)27)23-24-16(25)22-12-4-1-10(2-5-12)17(19,20)21/h1-6,9H,7-8H2,(H2,22,24,25)/b23-14+. The minimum atomic E-state index is -4.49. The zero-order chi connectivity index (χ0) is 20.5. The molecule has 0 bridgehead atoms. The van der Waals surface area contributed by atoms with Crippen LogP contribution in [0.1, 0.15) is 17.5 Å². The van der Waals surface area contributed by atoms with Gasteiger partial charge < -0.3 is 5.32 Å². The Balaban J connectivity index is 1.74. The number of hydrazone groups is 1. The van der Waals surface area contributed by atoms with Crippen molar-refractivity contribution in [3.63, 3.8) is 0 Å². The second-order valence-corrected chi connectivity index (χ2v) is 7.99. The highest BCUT2D eigenvalue weighted by molar-refractivity contribution is 7.91. The van der Waals surface area contributed by atoms with E-state index in [9.17, 15) is 30.8 Å². The van der Waals surface area contributed by atoms with Crippen molar-refractivity contribution >= 4 is 27.3 Å². The molecular weight excluding hydrogens is 402 g/mol. The lowest BCUT2D eigenvalue weighted by atomic mass is 10.1. The quantitative estimate of drug-likeness (QED) is 0.447. The summed E-state index contributed by atoms with van der Waals surface area (Å²) in [5.41, 5.74) is 1.60. The SMILES string of the molecule is O=C(N/N=C1\CCS(=O)(=O)c2ccc(F)cc21)Nc1ccc(C(F)(F)F)cc1. The predicted molar refractivity (Wildman–Crippen MR) is 93.2 cm³/mol. The van der Waals surface area contributed by atoms with Crippen LogP contribution < -0.4 is 10.7 Å². The first-order valence-electron chi connectivity index (χ1n) is 7.90. The molecule has 6 nitrogen and oxygen atoms in total. The number of urea groups is 1. The molecule has 0 fully saturated rings. The molecule has 0 spiro atoms. The molecule has 0 saturated carbocycles. The number of benzene rings is 2. The van der Waals surface area contributed by atoms with Crippen LogP contribution in [0.3, 0.4) is 0 Å². The summed E-state index contributed by atoms with van der Waals surface area (Å²) in [5.74, 6) is -0.898. The van der Waals surface area contributed by atoms with E-state index in [1.165, 1.54) is 0 Å². The highest BCUT2D eigenvalue weighted by atomic mass is 32.2. The molecule has 2 N–H and O–H groups in total. The molecule has 28 heavy (non-hydrogen) atoms. The first kappa shape index (κ1) is 19.8. The number of alkyl halides is 3. The summed E-state index contributed by atoms with van der Waals surface area (Å²) in [7, 11) is -3.56. The van der Waals surface area contributed by atoms with Crippen molar-refractivity contribution in [1.82, 2.24) is 5.43 Å². The Kier molecular flexibility index (Phi) is 5.11. The van der Waals surface area contributed by atoms with Gasteiger partial charge in [0.1, 0.15) is 5.82 Å². The van der Waals surface area contributed by atoms with E-state index >= 15 is 0 Å². The fraction of sp³-hybridized carbons (Fsp3) is 0.176. The summed E-state index contributed by atoms with van der Waals surface area (Å²) in [6, 6.07) is 6.10. The first-order chi connectivity index (χ1) is 13.1. The molecule has 2 aromatic carbocycles. The molecule has 1 heterocycles. The maximum Gasteiger partial charge on any atom is 0.416 e. The number of halogens is 4. The highest BCUT2D eigenvalue weighted by Crippen LogP contribution is 2.30. The minimum absolute atomic E-state index is 0.0284. The number of nitrogens with zero attached hydrogens (tertiary/aromatic N) is 1. The summed E-state index contributed by atoms with van der Waals surface area (Å²) in [6.07, 6.45) is -4.52. The van der Waals surface area contributed by atoms with Gasteiger partial charge >= 0.3 is 12.2 Å². The maximum absolute atomic E-state index is 13.5. The average molecular weight is 415 g/mol. The molecule has 0 aromatic heterocycles. The van der Waals surface area contributed by atoms with Gasteiger partial charge in [-0.1, -0.05) is 0 Å². The Labute approximate surface area is 157 Å². The number of nitrogens with one attached hydrogen (secondary N) is 2. The normalized spacial score (nSPS) is 17.1. The predicted octanol–water partition coefficient (Wildman–Crippen LogP) is 3.55. The lowest BCUT2D eigenvalue weighted by Gasteiger charge is -2.18. The number of hydrogen-bond acceptors (Lipinski definition) is 4. The summed E-state index contributed by atoms with van der Waals surface area (Å²) in [6.45, 7) is 0. The third-order valence-corrected chi connectivity index (χ3v) is 5.73. The minimum Gasteiger partial charge on any atom is -0.307 e. The molecule has 0 saturated heterocycles. The van der Waals surface area contributed by atoms with Gasteiger partial charge in [0, 0.05) is 17.7 Å². The Morgan fingerprint density at radius 1 is 1.07 bits per heavy atom. The van der Waals surface area contributed by atoms with Crippen LogP contribution in [0, 0.1) is 5.82 Å². The number of sulfone groups is 1. The van der Waals surface area contributed by atoms with Gasteiger partial charge in [0.25, 0.3) is 0 Å². The molecule has 148 valence electrons. The number of fused-ring (bicyclic) bond motifs is 1. The summed E-state index contributed by atoms with van der Waals surface area (Å²) >= 11 is 0. The fourth-order valence-electron chi connectivity index (χ4n) is 2.61. The molecular formula is C17H13F4N3O3S. The van der Waals surface area contributed by atoms with E-state index in [-0.39, 0.29) is 34.0 Å². The van der Waals surface area contributed by atoms with E-state index in [2.05, 4.69) is 15.8 Å². The van der Waals surface area contributed by atoms with Crippen molar-refractivity contribution in [1.29, 1.82) is 0 Å². The van der Waals surface area contributed by atoms with Gasteiger partial charge in [-0.25, -0.2) is 23.0 Å². The molecule has 0 aliphatic carbocycles. The maximum atomic E-state index is 13.5. The van der Waals surface area contributed by atoms with Crippen LogP contribution in [0.2, 0.25) is 0 Å². The van der Waals surface area contributed by atoms with E-state index in [0.717, 1.165) is 42.5 Å². The third-order valence-electron chi connectivity index (χ3n) is 3.96. The van der Waals surface area contributed by atoms with Crippen molar-refractivity contribution in [2.45, 2.75) is 17.5 Å². The molecule has 0 atom stereocenters. The summed E-state index contributed by atoms with van der Waals surface area (Å²) in [4.78, 5) is 11.8. The second kappa shape index (κ2) is 7.23. The third kappa shape index (κ3) is 4.30. The van der Waals surface area contributed by atoms with Gasteiger partial charge in [-0.2, -0.15) is 18.3 Å². The fourth-order valence-corrected chi connectivity index (χ4v) is 4.08. The topological polar surface area (TPSA) is 87.6 Å². The van der Waals surface area contributed by atoms with Crippen LogP contribution in [0.4, 0.5) is 28.0 Å². The van der Waals surface area contributed by atoms with Crippen LogP contribution in [-0.4, -0.2) is 25.9 Å². The first-order valence-corrected chi connectivity index (χ1v) is 9.55. The van der Waals surface area contributed by atoms with Gasteiger partial charge in [-0.15, -0.1) is 0 Å². The summed E-state index contributed by atoms with van der Waals surface area (Å²) in [5, 5.41) is 6.12. The average Bonchev–Trinajstić information content (AvgIpc) is 2.60. The van der Waals surface area contributed by atoms with Gasteiger partial charge in [-0.05, 0) is 42.5 Å². The molecule has 3 rings (SSSR count). The number of amides is 2. The Morgan fingerprint density at radius 3 is 2.39 bits per heavy atom. The largest absolute Gasteiger partial charge is 0.416 e. The van der Waals surface area contributed by atoms with Crippen LogP contribution in [0.25, 0.3) is 0 Å². The van der Waals surface area contributed by atoms with Gasteiger partial charge in [0.15, 0.2) is 9.84 Å². The lowest BCUT2D eigenvalue weighted by Crippen LogP contribution is -2.28. The zero-order valence-corrected chi connectivity index (χ0v) is 14.9. The molecule has 11 heteroatoms. The second-order valence-electron chi connectivity index (χ2n) is 5.91. The Hall–Kier alpha value is -2.95. The molecule has 1 aliphatic rings. The van der Waals surface area contributed by atoms with E-state index in [1.54, 1.807) is 0 Å². The van der Waals surface area contributed by atoms with E-state index < -0.39 is 33.4 Å². The zero-order valence-electron chi connectivity index (χ0n) is 14.0. The lowest BCUT2D eigenvalue weighted by molar-refractivity contribution is -0.137. The molecule has 2 aromatic rings. The van der Waals surface area contributed by atoms with Crippen LogP contribution in [0.15, 0.2) is 52.5 Å². The Morgan fingerprint density at radius 2 is 1.75 bits per heavy atom. The van der Waals surface area contributed by atoms with Gasteiger partial charge in [0.2, 0.25) is 0 Å². The van der Waals surface area contributed by atoms with Crippen molar-refractivity contribution in [2.24, 2.45) is 5.10 Å².